The van der Waals surface area contributed by atoms with E-state index in [2.05, 4.69) is 63.7 Å². The van der Waals surface area contributed by atoms with Crippen molar-refractivity contribution in [1.82, 2.24) is 4.90 Å². The number of nitrogens with zero attached hydrogens (tertiary/aromatic N) is 1. The molecule has 3 nitrogen and oxygen atoms in total. The summed E-state index contributed by atoms with van der Waals surface area (Å²) in [5.41, 5.74) is 4.24. The lowest BCUT2D eigenvalue weighted by Crippen LogP contribution is -2.31. The number of amides is 1. The number of carbonyl (C=O) groups excluding carboxylic acids is 1. The number of fused-ring (bicyclic) bond motifs is 3. The number of nitrogens with one attached hydrogen (secondary N) is 1. The van der Waals surface area contributed by atoms with E-state index >= 15 is 0 Å². The van der Waals surface area contributed by atoms with Crippen LogP contribution in [0.25, 0.3) is 0 Å². The molecule has 1 heterocycles. The zero-order valence-corrected chi connectivity index (χ0v) is 16.0. The number of hydrogen-bond donors (Lipinski definition) is 1. The molecule has 1 N–H and O–H groups in total. The van der Waals surface area contributed by atoms with Crippen LogP contribution in [0, 0.1) is 5.92 Å². The third kappa shape index (κ3) is 2.78. The van der Waals surface area contributed by atoms with E-state index in [-0.39, 0.29) is 11.9 Å². The molecule has 0 spiro atoms. The third-order valence-corrected chi connectivity index (χ3v) is 5.79. The highest BCUT2D eigenvalue weighted by molar-refractivity contribution is 9.10. The first kappa shape index (κ1) is 16.4. The van der Waals surface area contributed by atoms with Crippen molar-refractivity contribution in [3.63, 3.8) is 0 Å². The zero-order valence-electron chi connectivity index (χ0n) is 14.4. The van der Waals surface area contributed by atoms with Gasteiger partial charge in [-0.15, -0.1) is 0 Å². The van der Waals surface area contributed by atoms with E-state index in [1.807, 2.05) is 12.1 Å². The van der Waals surface area contributed by atoms with Gasteiger partial charge in [0.2, 0.25) is 0 Å². The van der Waals surface area contributed by atoms with Gasteiger partial charge in [0.15, 0.2) is 0 Å². The molecule has 1 aliphatic carbocycles. The third-order valence-electron chi connectivity index (χ3n) is 5.26. The fourth-order valence-electron chi connectivity index (χ4n) is 4.04. The lowest BCUT2D eigenvalue weighted by atomic mass is 9.76. The Balaban J connectivity index is 1.81. The molecular formula is C21H21BrN2O. The molecule has 0 saturated heterocycles. The largest absolute Gasteiger partial charge is 0.377 e. The molecule has 0 fully saturated rings. The first-order valence-electron chi connectivity index (χ1n) is 8.59. The minimum Gasteiger partial charge on any atom is -0.377 e. The van der Waals surface area contributed by atoms with Crippen molar-refractivity contribution in [2.45, 2.75) is 18.4 Å². The maximum Gasteiger partial charge on any atom is 0.255 e. The van der Waals surface area contributed by atoms with Crippen LogP contribution < -0.4 is 5.32 Å². The zero-order chi connectivity index (χ0) is 17.6. The van der Waals surface area contributed by atoms with Gasteiger partial charge in [-0.3, -0.25) is 4.79 Å². The summed E-state index contributed by atoms with van der Waals surface area (Å²) in [7, 11) is 3.60. The average Bonchev–Trinajstić information content (AvgIpc) is 3.10. The number of carbonyl (C=O) groups is 1. The van der Waals surface area contributed by atoms with E-state index in [0.29, 0.717) is 11.8 Å². The van der Waals surface area contributed by atoms with E-state index in [1.165, 1.54) is 11.1 Å². The van der Waals surface area contributed by atoms with Gasteiger partial charge in [-0.25, -0.2) is 0 Å². The van der Waals surface area contributed by atoms with Crippen molar-refractivity contribution in [1.29, 1.82) is 0 Å². The van der Waals surface area contributed by atoms with Crippen LogP contribution in [0.5, 0.6) is 0 Å². The van der Waals surface area contributed by atoms with Gasteiger partial charge in [0.1, 0.15) is 0 Å². The predicted octanol–water partition coefficient (Wildman–Crippen LogP) is 4.98. The summed E-state index contributed by atoms with van der Waals surface area (Å²) >= 11 is 3.52. The van der Waals surface area contributed by atoms with E-state index < -0.39 is 0 Å². The first-order valence-corrected chi connectivity index (χ1v) is 9.39. The summed E-state index contributed by atoms with van der Waals surface area (Å²) < 4.78 is 1.08. The van der Waals surface area contributed by atoms with Crippen molar-refractivity contribution in [3.8, 4) is 0 Å². The Hall–Kier alpha value is -2.07. The van der Waals surface area contributed by atoms with Crippen molar-refractivity contribution < 1.29 is 4.79 Å². The Kier molecular flexibility index (Phi) is 4.16. The summed E-state index contributed by atoms with van der Waals surface area (Å²) in [4.78, 5) is 14.3. The monoisotopic (exact) mass is 396 g/mol. The number of benzene rings is 2. The smallest absolute Gasteiger partial charge is 0.255 e. The number of allylic oxidation sites excluding steroid dienone is 2. The molecule has 3 atom stereocenters. The minimum atomic E-state index is 0.0410. The van der Waals surface area contributed by atoms with Gasteiger partial charge in [-0.05, 0) is 41.7 Å². The summed E-state index contributed by atoms with van der Waals surface area (Å²) in [6, 6.07) is 14.8. The van der Waals surface area contributed by atoms with E-state index in [1.54, 1.807) is 19.0 Å². The standard InChI is InChI=1S/C21H21BrN2O/c1-24(2)21(25)18-8-4-7-17-15-5-3-6-16(15)19(23-20(17)18)13-9-11-14(22)12-10-13/h3-5,7-12,15-16,19,23H,6H2,1-2H3/t15-,16+,19-/m1/s1. The Labute approximate surface area is 156 Å². The molecule has 2 aliphatic rings. The van der Waals surface area contributed by atoms with E-state index in [9.17, 15) is 4.79 Å². The predicted molar refractivity (Wildman–Crippen MR) is 105 cm³/mol. The Bertz CT molecular complexity index is 841. The molecule has 0 bridgehead atoms. The number of rotatable bonds is 2. The van der Waals surface area contributed by atoms with Crippen LogP contribution in [0.15, 0.2) is 59.1 Å². The molecule has 0 radical (unpaired) electrons. The second-order valence-electron chi connectivity index (χ2n) is 7.00. The van der Waals surface area contributed by atoms with Gasteiger partial charge in [0.25, 0.3) is 5.91 Å². The maximum atomic E-state index is 12.7. The van der Waals surface area contributed by atoms with Crippen LogP contribution in [-0.4, -0.2) is 24.9 Å². The lowest BCUT2D eigenvalue weighted by Gasteiger charge is -2.38. The number of anilines is 1. The van der Waals surface area contributed by atoms with Crippen molar-refractivity contribution >= 4 is 27.5 Å². The topological polar surface area (TPSA) is 32.3 Å². The number of para-hydroxylation sites is 1. The molecule has 0 saturated carbocycles. The van der Waals surface area contributed by atoms with Gasteiger partial charge < -0.3 is 10.2 Å². The Morgan fingerprint density at radius 3 is 2.64 bits per heavy atom. The van der Waals surface area contributed by atoms with Gasteiger partial charge >= 0.3 is 0 Å². The average molecular weight is 397 g/mol. The van der Waals surface area contributed by atoms with Crippen LogP contribution in [0.4, 0.5) is 5.69 Å². The minimum absolute atomic E-state index is 0.0410. The summed E-state index contributed by atoms with van der Waals surface area (Å²) in [6.45, 7) is 0. The molecule has 1 amide bonds. The molecule has 128 valence electrons. The fourth-order valence-corrected chi connectivity index (χ4v) is 4.31. The van der Waals surface area contributed by atoms with Crippen molar-refractivity contribution in [2.75, 3.05) is 19.4 Å². The van der Waals surface area contributed by atoms with Crippen LogP contribution in [0.1, 0.15) is 39.9 Å². The van der Waals surface area contributed by atoms with E-state index in [0.717, 1.165) is 22.1 Å². The summed E-state index contributed by atoms with van der Waals surface area (Å²) in [5.74, 6) is 0.887. The quantitative estimate of drug-likeness (QED) is 0.726. The Morgan fingerprint density at radius 1 is 1.16 bits per heavy atom. The SMILES string of the molecule is CN(C)C(=O)c1cccc2c1N[C@H](c1ccc(Br)cc1)[C@H]1CC=C[C@@H]21. The Morgan fingerprint density at radius 2 is 1.92 bits per heavy atom. The highest BCUT2D eigenvalue weighted by Gasteiger charge is 2.39. The summed E-state index contributed by atoms with van der Waals surface area (Å²) in [6.07, 6.45) is 5.64. The van der Waals surface area contributed by atoms with E-state index in [4.69, 9.17) is 0 Å². The van der Waals surface area contributed by atoms with Gasteiger partial charge in [-0.2, -0.15) is 0 Å². The molecule has 0 aromatic heterocycles. The molecule has 2 aromatic carbocycles. The second kappa shape index (κ2) is 6.34. The second-order valence-corrected chi connectivity index (χ2v) is 7.91. The highest BCUT2D eigenvalue weighted by Crippen LogP contribution is 2.50. The maximum absolute atomic E-state index is 12.7. The molecule has 2 aromatic rings. The van der Waals surface area contributed by atoms with Gasteiger partial charge in [0.05, 0.1) is 17.3 Å². The molecule has 25 heavy (non-hydrogen) atoms. The highest BCUT2D eigenvalue weighted by atomic mass is 79.9. The summed E-state index contributed by atoms with van der Waals surface area (Å²) in [5, 5.41) is 3.71. The molecule has 4 heteroatoms. The van der Waals surface area contributed by atoms with Crippen LogP contribution in [0.3, 0.4) is 0 Å². The molecule has 1 aliphatic heterocycles. The molecule has 0 unspecified atom stereocenters. The molecular weight excluding hydrogens is 376 g/mol. The normalized spacial score (nSPS) is 23.6. The first-order chi connectivity index (χ1) is 12.1. The van der Waals surface area contributed by atoms with Gasteiger partial charge in [0, 0.05) is 24.5 Å². The molecule has 4 rings (SSSR count). The van der Waals surface area contributed by atoms with Crippen LogP contribution in [-0.2, 0) is 0 Å². The lowest BCUT2D eigenvalue weighted by molar-refractivity contribution is 0.0828. The van der Waals surface area contributed by atoms with Crippen molar-refractivity contribution in [2.24, 2.45) is 5.92 Å². The number of hydrogen-bond acceptors (Lipinski definition) is 2. The number of halogens is 1. The van der Waals surface area contributed by atoms with Crippen molar-refractivity contribution in [3.05, 3.63) is 75.8 Å². The van der Waals surface area contributed by atoms with Gasteiger partial charge in [-0.1, -0.05) is 52.3 Å². The van der Waals surface area contributed by atoms with Crippen LogP contribution >= 0.6 is 15.9 Å². The van der Waals surface area contributed by atoms with Crippen LogP contribution in [0.2, 0.25) is 0 Å². The fraction of sp³-hybridized carbons (Fsp3) is 0.286.